The topological polar surface area (TPSA) is 59.2 Å². The molecule has 146 valence electrons. The number of thiazole rings is 1. The van der Waals surface area contributed by atoms with Gasteiger partial charge in [0.15, 0.2) is 0 Å². The summed E-state index contributed by atoms with van der Waals surface area (Å²) in [7, 11) is 1.80. The van der Waals surface area contributed by atoms with Crippen LogP contribution in [-0.2, 0) is 17.6 Å². The highest BCUT2D eigenvalue weighted by Gasteiger charge is 2.21. The van der Waals surface area contributed by atoms with Crippen molar-refractivity contribution in [1.29, 1.82) is 0 Å². The minimum atomic E-state index is -0.243. The van der Waals surface area contributed by atoms with Crippen LogP contribution >= 0.6 is 36.2 Å². The maximum atomic E-state index is 12.9. The van der Waals surface area contributed by atoms with Gasteiger partial charge in [-0.15, -0.1) is 36.2 Å². The first-order chi connectivity index (χ1) is 11.3. The Morgan fingerprint density at radius 1 is 1.27 bits per heavy atom. The molecule has 4 nitrogen and oxygen atoms in total. The van der Waals surface area contributed by atoms with E-state index in [1.54, 1.807) is 24.1 Å². The van der Waals surface area contributed by atoms with Crippen molar-refractivity contribution in [3.63, 3.8) is 0 Å². The van der Waals surface area contributed by atoms with Crippen LogP contribution in [0.1, 0.15) is 30.1 Å². The quantitative estimate of drug-likeness (QED) is 0.740. The van der Waals surface area contributed by atoms with Gasteiger partial charge in [-0.05, 0) is 29.7 Å². The Morgan fingerprint density at radius 3 is 2.46 bits per heavy atom. The minimum absolute atomic E-state index is 0. The number of halogens is 3. The highest BCUT2D eigenvalue weighted by Crippen LogP contribution is 2.18. The molecular weight excluding hydrogens is 396 g/mol. The fourth-order valence-corrected chi connectivity index (χ4v) is 3.20. The predicted molar refractivity (Wildman–Crippen MR) is 110 cm³/mol. The second kappa shape index (κ2) is 10.8. The SMILES string of the molecule is CN(CC(C)(C)CN)C(=O)Cc1csc(Cc2ccc(F)cc2)n1.Cl.Cl. The fourth-order valence-electron chi connectivity index (χ4n) is 2.37. The molecule has 2 rings (SSSR count). The van der Waals surface area contributed by atoms with Gasteiger partial charge in [0.05, 0.1) is 17.1 Å². The zero-order chi connectivity index (χ0) is 17.7. The number of rotatable bonds is 7. The van der Waals surface area contributed by atoms with Crippen LogP contribution in [0.25, 0.3) is 0 Å². The van der Waals surface area contributed by atoms with Gasteiger partial charge in [0.25, 0.3) is 0 Å². The molecule has 26 heavy (non-hydrogen) atoms. The molecular formula is C18H26Cl2FN3OS. The number of benzene rings is 1. The van der Waals surface area contributed by atoms with Gasteiger partial charge in [-0.25, -0.2) is 9.37 Å². The van der Waals surface area contributed by atoms with E-state index >= 15 is 0 Å². The lowest BCUT2D eigenvalue weighted by molar-refractivity contribution is -0.130. The number of nitrogens with two attached hydrogens (primary N) is 1. The Kier molecular flexibility index (Phi) is 10.3. The van der Waals surface area contributed by atoms with E-state index < -0.39 is 0 Å². The van der Waals surface area contributed by atoms with Gasteiger partial charge in [0.1, 0.15) is 5.82 Å². The van der Waals surface area contributed by atoms with Crippen molar-refractivity contribution in [3.8, 4) is 0 Å². The molecule has 0 saturated heterocycles. The van der Waals surface area contributed by atoms with Gasteiger partial charge in [0, 0.05) is 25.4 Å². The molecule has 0 aliphatic heterocycles. The molecule has 8 heteroatoms. The first kappa shape index (κ1) is 24.8. The molecule has 2 N–H and O–H groups in total. The molecule has 1 aromatic heterocycles. The number of hydrogen-bond acceptors (Lipinski definition) is 4. The largest absolute Gasteiger partial charge is 0.345 e. The number of carbonyl (C=O) groups is 1. The van der Waals surface area contributed by atoms with Crippen molar-refractivity contribution in [2.24, 2.45) is 11.1 Å². The summed E-state index contributed by atoms with van der Waals surface area (Å²) in [5.41, 5.74) is 7.41. The first-order valence-corrected chi connectivity index (χ1v) is 8.79. The summed E-state index contributed by atoms with van der Waals surface area (Å²) in [6.07, 6.45) is 0.937. The van der Waals surface area contributed by atoms with Crippen LogP contribution in [0.2, 0.25) is 0 Å². The van der Waals surface area contributed by atoms with E-state index in [1.807, 2.05) is 19.2 Å². The van der Waals surface area contributed by atoms with Gasteiger partial charge >= 0.3 is 0 Å². The third-order valence-corrected chi connectivity index (χ3v) is 4.74. The van der Waals surface area contributed by atoms with Crippen LogP contribution in [0.3, 0.4) is 0 Å². The second-order valence-corrected chi connectivity index (χ2v) is 7.77. The molecule has 0 aliphatic carbocycles. The first-order valence-electron chi connectivity index (χ1n) is 7.91. The summed E-state index contributed by atoms with van der Waals surface area (Å²) in [5.74, 6) is -0.206. The Bertz CT molecular complexity index is 692. The summed E-state index contributed by atoms with van der Waals surface area (Å²) >= 11 is 1.52. The van der Waals surface area contributed by atoms with Gasteiger partial charge < -0.3 is 10.6 Å². The lowest BCUT2D eigenvalue weighted by Crippen LogP contribution is -2.40. The van der Waals surface area contributed by atoms with Gasteiger partial charge in [-0.2, -0.15) is 0 Å². The number of amides is 1. The van der Waals surface area contributed by atoms with E-state index in [4.69, 9.17) is 5.73 Å². The zero-order valence-corrected chi connectivity index (χ0v) is 17.6. The summed E-state index contributed by atoms with van der Waals surface area (Å²) in [5, 5.41) is 2.84. The van der Waals surface area contributed by atoms with E-state index in [9.17, 15) is 9.18 Å². The predicted octanol–water partition coefficient (Wildman–Crippen LogP) is 3.70. The van der Waals surface area contributed by atoms with E-state index in [1.165, 1.54) is 23.5 Å². The van der Waals surface area contributed by atoms with Crippen molar-refractivity contribution in [3.05, 3.63) is 51.7 Å². The molecule has 0 unspecified atom stereocenters. The van der Waals surface area contributed by atoms with Crippen molar-refractivity contribution in [1.82, 2.24) is 9.88 Å². The number of hydrogen-bond donors (Lipinski definition) is 1. The number of likely N-dealkylation sites (N-methyl/N-ethyl adjacent to an activating group) is 1. The van der Waals surface area contributed by atoms with Crippen LogP contribution < -0.4 is 5.73 Å². The molecule has 0 spiro atoms. The van der Waals surface area contributed by atoms with Crippen molar-refractivity contribution in [2.45, 2.75) is 26.7 Å². The van der Waals surface area contributed by atoms with Crippen molar-refractivity contribution >= 4 is 42.1 Å². The maximum absolute atomic E-state index is 12.9. The van der Waals surface area contributed by atoms with Gasteiger partial charge in [0.2, 0.25) is 5.91 Å². The third-order valence-electron chi connectivity index (χ3n) is 3.84. The molecule has 0 radical (unpaired) electrons. The average Bonchev–Trinajstić information content (AvgIpc) is 2.96. The summed E-state index contributed by atoms with van der Waals surface area (Å²) < 4.78 is 12.9. The average molecular weight is 422 g/mol. The van der Waals surface area contributed by atoms with Crippen LogP contribution in [-0.4, -0.2) is 35.9 Å². The van der Waals surface area contributed by atoms with Gasteiger partial charge in [-0.1, -0.05) is 26.0 Å². The van der Waals surface area contributed by atoms with Crippen LogP contribution in [0.15, 0.2) is 29.6 Å². The highest BCUT2D eigenvalue weighted by atomic mass is 35.5. The van der Waals surface area contributed by atoms with Crippen LogP contribution in [0, 0.1) is 11.2 Å². The van der Waals surface area contributed by atoms with E-state index in [0.29, 0.717) is 19.5 Å². The molecule has 1 heterocycles. The zero-order valence-electron chi connectivity index (χ0n) is 15.2. The second-order valence-electron chi connectivity index (χ2n) is 6.83. The smallest absolute Gasteiger partial charge is 0.228 e. The van der Waals surface area contributed by atoms with Crippen molar-refractivity contribution < 1.29 is 9.18 Å². The van der Waals surface area contributed by atoms with E-state index in [0.717, 1.165) is 16.3 Å². The molecule has 1 aromatic carbocycles. The summed E-state index contributed by atoms with van der Waals surface area (Å²) in [6, 6.07) is 6.40. The molecule has 2 aromatic rings. The van der Waals surface area contributed by atoms with Crippen LogP contribution in [0.5, 0.6) is 0 Å². The Morgan fingerprint density at radius 2 is 1.88 bits per heavy atom. The Hall–Kier alpha value is -1.21. The molecule has 0 aliphatic rings. The Labute approximate surface area is 170 Å². The summed E-state index contributed by atoms with van der Waals surface area (Å²) in [6.45, 7) is 5.24. The van der Waals surface area contributed by atoms with E-state index in [2.05, 4.69) is 4.98 Å². The monoisotopic (exact) mass is 421 g/mol. The fraction of sp³-hybridized carbons (Fsp3) is 0.444. The molecule has 0 bridgehead atoms. The van der Waals surface area contributed by atoms with Crippen LogP contribution in [0.4, 0.5) is 4.39 Å². The molecule has 0 fully saturated rings. The lowest BCUT2D eigenvalue weighted by atomic mass is 9.93. The highest BCUT2D eigenvalue weighted by molar-refractivity contribution is 7.09. The standard InChI is InChI=1S/C18H24FN3OS.2ClH/c1-18(2,11-20)12-22(3)17(23)9-15-10-24-16(21-15)8-13-4-6-14(19)7-5-13;;/h4-7,10H,8-9,11-12,20H2,1-3H3;2*1H. The number of carbonyl (C=O) groups excluding carboxylic acids is 1. The van der Waals surface area contributed by atoms with E-state index in [-0.39, 0.29) is 48.4 Å². The molecule has 1 amide bonds. The third kappa shape index (κ3) is 7.58. The minimum Gasteiger partial charge on any atom is -0.345 e. The molecule has 0 saturated carbocycles. The number of aromatic nitrogens is 1. The summed E-state index contributed by atoms with van der Waals surface area (Å²) in [4.78, 5) is 18.6. The lowest BCUT2D eigenvalue weighted by Gasteiger charge is -2.28. The van der Waals surface area contributed by atoms with Crippen molar-refractivity contribution in [2.75, 3.05) is 20.1 Å². The maximum Gasteiger partial charge on any atom is 0.228 e. The Balaban J connectivity index is 0.00000312. The normalized spacial score (nSPS) is 10.7. The van der Waals surface area contributed by atoms with Gasteiger partial charge in [-0.3, -0.25) is 4.79 Å². The molecule has 0 atom stereocenters. The number of nitrogens with zero attached hydrogens (tertiary/aromatic N) is 2.